The van der Waals surface area contributed by atoms with E-state index in [1.54, 1.807) is 49.7 Å². The average molecular weight is 412 g/mol. The van der Waals surface area contributed by atoms with Gasteiger partial charge in [0.1, 0.15) is 11.4 Å². The van der Waals surface area contributed by atoms with E-state index in [1.165, 1.54) is 19.2 Å². The van der Waals surface area contributed by atoms with Crippen LogP contribution in [0.15, 0.2) is 36.7 Å². The number of aromatic nitrogens is 2. The van der Waals surface area contributed by atoms with E-state index < -0.39 is 16.6 Å². The summed E-state index contributed by atoms with van der Waals surface area (Å²) in [6, 6.07) is 5.91. The summed E-state index contributed by atoms with van der Waals surface area (Å²) in [5.74, 6) is 0.170. The van der Waals surface area contributed by atoms with Crippen LogP contribution in [0.2, 0.25) is 0 Å². The lowest BCUT2D eigenvalue weighted by Gasteiger charge is -2.19. The number of carbonyl (C=O) groups excluding carboxylic acids is 2. The van der Waals surface area contributed by atoms with Crippen molar-refractivity contribution in [2.45, 2.75) is 26.4 Å². The van der Waals surface area contributed by atoms with Crippen molar-refractivity contribution >= 4 is 29.3 Å². The molecule has 2 aromatic heterocycles. The molecule has 0 radical (unpaired) electrons. The lowest BCUT2D eigenvalue weighted by molar-refractivity contribution is -0.385. The maximum absolute atomic E-state index is 12.1. The lowest BCUT2D eigenvalue weighted by atomic mass is 10.0. The number of fused-ring (bicyclic) bond motifs is 1. The predicted molar refractivity (Wildman–Crippen MR) is 109 cm³/mol. The number of carbonyl (C=O) groups is 2. The Morgan fingerprint density at radius 1 is 1.27 bits per heavy atom. The van der Waals surface area contributed by atoms with Gasteiger partial charge >= 0.3 is 11.8 Å². The number of pyridine rings is 1. The molecule has 0 fully saturated rings. The van der Waals surface area contributed by atoms with E-state index in [-0.39, 0.29) is 28.4 Å². The molecule has 0 aliphatic carbocycles. The largest absolute Gasteiger partial charge is 0.490 e. The van der Waals surface area contributed by atoms with Gasteiger partial charge in [0.25, 0.3) is 0 Å². The van der Waals surface area contributed by atoms with Crippen LogP contribution in [-0.2, 0) is 4.74 Å². The third-order valence-corrected chi connectivity index (χ3v) is 4.09. The summed E-state index contributed by atoms with van der Waals surface area (Å²) in [4.78, 5) is 38.8. The van der Waals surface area contributed by atoms with Crippen LogP contribution in [0, 0.1) is 10.1 Å². The molecule has 2 heterocycles. The number of amides is 1. The number of aldehydes is 1. The van der Waals surface area contributed by atoms with Crippen molar-refractivity contribution in [3.05, 3.63) is 52.3 Å². The maximum atomic E-state index is 12.1. The minimum atomic E-state index is -0.663. The van der Waals surface area contributed by atoms with Gasteiger partial charge in [-0.25, -0.2) is 9.78 Å². The van der Waals surface area contributed by atoms with E-state index in [1.807, 2.05) is 0 Å². The Morgan fingerprint density at radius 3 is 2.60 bits per heavy atom. The topological polar surface area (TPSA) is 125 Å². The molecule has 0 atom stereocenters. The molecule has 156 valence electrons. The quantitative estimate of drug-likeness (QED) is 0.380. The molecule has 30 heavy (non-hydrogen) atoms. The molecule has 10 nitrogen and oxygen atoms in total. The second kappa shape index (κ2) is 7.82. The molecular formula is C20H20N4O6. The van der Waals surface area contributed by atoms with E-state index in [4.69, 9.17) is 9.47 Å². The van der Waals surface area contributed by atoms with Crippen LogP contribution in [-0.4, -0.2) is 39.4 Å². The van der Waals surface area contributed by atoms with Gasteiger partial charge in [-0.2, -0.15) is 0 Å². The third-order valence-electron chi connectivity index (χ3n) is 4.09. The van der Waals surface area contributed by atoms with Gasteiger partial charge in [0.15, 0.2) is 6.29 Å². The Hall–Kier alpha value is -3.95. The summed E-state index contributed by atoms with van der Waals surface area (Å²) < 4.78 is 12.1. The number of imidazole rings is 1. The first-order valence-corrected chi connectivity index (χ1v) is 8.92. The third kappa shape index (κ3) is 4.07. The smallest absolute Gasteiger partial charge is 0.412 e. The van der Waals surface area contributed by atoms with Gasteiger partial charge in [0, 0.05) is 17.8 Å². The Kier molecular flexibility index (Phi) is 5.41. The zero-order valence-electron chi connectivity index (χ0n) is 16.8. The minimum absolute atomic E-state index is 0.0809. The summed E-state index contributed by atoms with van der Waals surface area (Å²) >= 11 is 0. The molecule has 1 amide bonds. The SMILES string of the molecule is COc1c([N+](=O)[O-])ccc(C=O)c1-c1ncc2ccc(NC(=O)OC(C)(C)C)cn12. The Balaban J connectivity index is 2.14. The van der Waals surface area contributed by atoms with Gasteiger partial charge in [-0.3, -0.25) is 24.6 Å². The predicted octanol–water partition coefficient (Wildman–Crippen LogP) is 4.08. The van der Waals surface area contributed by atoms with Gasteiger partial charge in [0.2, 0.25) is 5.75 Å². The monoisotopic (exact) mass is 412 g/mol. The molecule has 0 aliphatic heterocycles. The average Bonchev–Trinajstić information content (AvgIpc) is 3.07. The number of nitrogens with one attached hydrogen (secondary N) is 1. The number of rotatable bonds is 5. The zero-order valence-corrected chi connectivity index (χ0v) is 16.8. The van der Waals surface area contributed by atoms with Crippen molar-refractivity contribution in [3.63, 3.8) is 0 Å². The van der Waals surface area contributed by atoms with Crippen LogP contribution in [0.25, 0.3) is 16.9 Å². The van der Waals surface area contributed by atoms with Crippen molar-refractivity contribution in [1.82, 2.24) is 9.38 Å². The summed E-state index contributed by atoms with van der Waals surface area (Å²) in [5.41, 5.74) is 0.450. The van der Waals surface area contributed by atoms with E-state index in [2.05, 4.69) is 10.3 Å². The molecule has 0 aliphatic rings. The highest BCUT2D eigenvalue weighted by Gasteiger charge is 2.25. The lowest BCUT2D eigenvalue weighted by Crippen LogP contribution is -2.27. The molecule has 0 bridgehead atoms. The Labute approximate surface area is 171 Å². The number of hydrogen-bond donors (Lipinski definition) is 1. The van der Waals surface area contributed by atoms with Crippen molar-refractivity contribution in [2.75, 3.05) is 12.4 Å². The maximum Gasteiger partial charge on any atom is 0.412 e. The molecule has 10 heteroatoms. The molecule has 3 rings (SSSR count). The van der Waals surface area contributed by atoms with Crippen LogP contribution in [0.4, 0.5) is 16.2 Å². The normalized spacial score (nSPS) is 11.2. The number of methoxy groups -OCH3 is 1. The van der Waals surface area contributed by atoms with E-state index in [9.17, 15) is 19.7 Å². The summed E-state index contributed by atoms with van der Waals surface area (Å²) in [6.07, 6.45) is 3.06. The fourth-order valence-corrected chi connectivity index (χ4v) is 2.94. The first kappa shape index (κ1) is 20.8. The standard InChI is InChI=1S/C20H20N4O6/c1-20(2,3)30-19(26)22-13-6-7-14-9-21-18(23(14)10-13)16-12(11-25)5-8-15(24(27)28)17(16)29-4/h5-11H,1-4H3,(H,22,26). The van der Waals surface area contributed by atoms with Gasteiger partial charge < -0.3 is 9.47 Å². The van der Waals surface area contributed by atoms with Crippen LogP contribution >= 0.6 is 0 Å². The molecule has 3 aromatic rings. The molecular weight excluding hydrogens is 392 g/mol. The number of benzene rings is 1. The van der Waals surface area contributed by atoms with Crippen molar-refractivity contribution in [1.29, 1.82) is 0 Å². The second-order valence-electron chi connectivity index (χ2n) is 7.38. The van der Waals surface area contributed by atoms with Gasteiger partial charge in [-0.1, -0.05) is 0 Å². The Bertz CT molecular complexity index is 1150. The van der Waals surface area contributed by atoms with E-state index in [0.29, 0.717) is 17.5 Å². The molecule has 1 N–H and O–H groups in total. The van der Waals surface area contributed by atoms with E-state index >= 15 is 0 Å². The van der Waals surface area contributed by atoms with Crippen LogP contribution in [0.1, 0.15) is 31.1 Å². The Morgan fingerprint density at radius 2 is 2.00 bits per heavy atom. The number of nitro benzene ring substituents is 1. The summed E-state index contributed by atoms with van der Waals surface area (Å²) in [5, 5.41) is 14.0. The highest BCUT2D eigenvalue weighted by molar-refractivity contribution is 5.92. The first-order valence-electron chi connectivity index (χ1n) is 8.92. The van der Waals surface area contributed by atoms with Crippen LogP contribution < -0.4 is 10.1 Å². The number of ether oxygens (including phenoxy) is 2. The van der Waals surface area contributed by atoms with E-state index in [0.717, 1.165) is 0 Å². The highest BCUT2D eigenvalue weighted by atomic mass is 16.6. The summed E-state index contributed by atoms with van der Waals surface area (Å²) in [7, 11) is 1.28. The zero-order chi connectivity index (χ0) is 22.1. The molecule has 0 saturated heterocycles. The van der Waals surface area contributed by atoms with Crippen LogP contribution in [0.3, 0.4) is 0 Å². The van der Waals surface area contributed by atoms with Crippen LogP contribution in [0.5, 0.6) is 5.75 Å². The fourth-order valence-electron chi connectivity index (χ4n) is 2.94. The first-order chi connectivity index (χ1) is 14.1. The summed E-state index contributed by atoms with van der Waals surface area (Å²) in [6.45, 7) is 5.25. The van der Waals surface area contributed by atoms with Crippen molar-refractivity contribution in [2.24, 2.45) is 0 Å². The fraction of sp³-hybridized carbons (Fsp3) is 0.250. The van der Waals surface area contributed by atoms with Crippen molar-refractivity contribution in [3.8, 4) is 17.1 Å². The van der Waals surface area contributed by atoms with Gasteiger partial charge in [-0.15, -0.1) is 0 Å². The number of nitrogens with zero attached hydrogens (tertiary/aromatic N) is 3. The van der Waals surface area contributed by atoms with Gasteiger partial charge in [0.05, 0.1) is 35.0 Å². The molecule has 0 unspecified atom stereocenters. The highest BCUT2D eigenvalue weighted by Crippen LogP contribution is 2.39. The minimum Gasteiger partial charge on any atom is -0.490 e. The molecule has 0 spiro atoms. The van der Waals surface area contributed by atoms with Crippen molar-refractivity contribution < 1.29 is 24.0 Å². The number of hydrogen-bond acceptors (Lipinski definition) is 7. The second-order valence-corrected chi connectivity index (χ2v) is 7.38. The number of nitro groups is 1. The molecule has 1 aromatic carbocycles. The molecule has 0 saturated carbocycles. The van der Waals surface area contributed by atoms with Gasteiger partial charge in [-0.05, 0) is 39.0 Å². The number of anilines is 1.